The van der Waals surface area contributed by atoms with E-state index in [2.05, 4.69) is 0 Å². The van der Waals surface area contributed by atoms with Gasteiger partial charge in [-0.2, -0.15) is 0 Å². The molecule has 20 heavy (non-hydrogen) atoms. The highest BCUT2D eigenvalue weighted by atomic mass is 16.4. The molecule has 0 fully saturated rings. The molecular weight excluding hydrogens is 256 g/mol. The fourth-order valence-electron chi connectivity index (χ4n) is 1.93. The minimum Gasteiger partial charge on any atom is -0.481 e. The van der Waals surface area contributed by atoms with Gasteiger partial charge in [-0.3, -0.25) is 9.59 Å². The molecule has 0 aliphatic carbocycles. The number of unbranched alkanes of at least 4 members (excludes halogenated alkanes) is 1. The smallest absolute Gasteiger partial charge is 0.305 e. The van der Waals surface area contributed by atoms with Gasteiger partial charge in [0.15, 0.2) is 0 Å². The van der Waals surface area contributed by atoms with Crippen LogP contribution in [0.25, 0.3) is 0 Å². The van der Waals surface area contributed by atoms with Crippen molar-refractivity contribution in [1.29, 1.82) is 0 Å². The lowest BCUT2D eigenvalue weighted by Crippen LogP contribution is -2.44. The van der Waals surface area contributed by atoms with Crippen LogP contribution in [-0.2, 0) is 9.59 Å². The Morgan fingerprint density at radius 1 is 1.30 bits per heavy atom. The number of nitrogens with zero attached hydrogens (tertiary/aromatic N) is 1. The van der Waals surface area contributed by atoms with E-state index in [9.17, 15) is 9.59 Å². The number of carbonyl (C=O) groups excluding carboxylic acids is 1. The maximum absolute atomic E-state index is 12.4. The second kappa shape index (κ2) is 8.32. The van der Waals surface area contributed by atoms with Crippen molar-refractivity contribution in [3.63, 3.8) is 0 Å². The van der Waals surface area contributed by atoms with Crippen molar-refractivity contribution in [2.24, 2.45) is 5.73 Å². The van der Waals surface area contributed by atoms with Gasteiger partial charge in [-0.05, 0) is 18.6 Å². The lowest BCUT2D eigenvalue weighted by Gasteiger charge is -2.25. The third-order valence-corrected chi connectivity index (χ3v) is 3.07. The van der Waals surface area contributed by atoms with Crippen molar-refractivity contribution in [3.8, 4) is 0 Å². The zero-order valence-corrected chi connectivity index (χ0v) is 11.8. The summed E-state index contributed by atoms with van der Waals surface area (Å²) >= 11 is 0. The normalized spacial score (nSPS) is 11.9. The molecule has 0 aromatic heterocycles. The lowest BCUT2D eigenvalue weighted by atomic mass is 10.1. The predicted octanol–water partition coefficient (Wildman–Crippen LogP) is 2.01. The number of benzene rings is 1. The minimum absolute atomic E-state index is 0.0961. The van der Waals surface area contributed by atoms with Crippen LogP contribution < -0.4 is 10.6 Å². The van der Waals surface area contributed by atoms with Crippen LogP contribution in [0.4, 0.5) is 5.69 Å². The highest BCUT2D eigenvalue weighted by Gasteiger charge is 2.22. The Morgan fingerprint density at radius 2 is 1.95 bits per heavy atom. The molecule has 5 heteroatoms. The number of para-hydroxylation sites is 1. The standard InChI is InChI=1S/C15H22N2O3/c1-2-3-9-13(16)15(20)17(11-10-14(18)19)12-7-5-4-6-8-12/h4-8,13H,2-3,9-11,16H2,1H3,(H,18,19). The van der Waals surface area contributed by atoms with Gasteiger partial charge >= 0.3 is 5.97 Å². The first-order valence-corrected chi connectivity index (χ1v) is 6.90. The Bertz CT molecular complexity index is 434. The van der Waals surface area contributed by atoms with E-state index in [1.165, 1.54) is 4.90 Å². The number of carboxylic acid groups (broad SMARTS) is 1. The number of amides is 1. The van der Waals surface area contributed by atoms with Crippen LogP contribution >= 0.6 is 0 Å². The molecule has 0 saturated heterocycles. The van der Waals surface area contributed by atoms with Gasteiger partial charge in [0.05, 0.1) is 12.5 Å². The largest absolute Gasteiger partial charge is 0.481 e. The highest BCUT2D eigenvalue weighted by molar-refractivity contribution is 5.97. The van der Waals surface area contributed by atoms with Crippen LogP contribution in [0.5, 0.6) is 0 Å². The monoisotopic (exact) mass is 278 g/mol. The molecule has 0 aliphatic heterocycles. The summed E-state index contributed by atoms with van der Waals surface area (Å²) < 4.78 is 0. The molecule has 1 amide bonds. The van der Waals surface area contributed by atoms with Crippen molar-refractivity contribution in [2.45, 2.75) is 38.6 Å². The average Bonchev–Trinajstić information content (AvgIpc) is 2.45. The summed E-state index contributed by atoms with van der Waals surface area (Å²) in [6, 6.07) is 8.46. The molecule has 3 N–H and O–H groups in total. The molecule has 0 aliphatic rings. The van der Waals surface area contributed by atoms with Crippen molar-refractivity contribution >= 4 is 17.6 Å². The molecule has 1 unspecified atom stereocenters. The molecule has 0 spiro atoms. The fraction of sp³-hybridized carbons (Fsp3) is 0.467. The van der Waals surface area contributed by atoms with E-state index in [1.807, 2.05) is 25.1 Å². The van der Waals surface area contributed by atoms with Crippen LogP contribution in [0, 0.1) is 0 Å². The number of carbonyl (C=O) groups is 2. The van der Waals surface area contributed by atoms with Crippen LogP contribution in [0.2, 0.25) is 0 Å². The van der Waals surface area contributed by atoms with Gasteiger partial charge in [0.1, 0.15) is 0 Å². The summed E-state index contributed by atoms with van der Waals surface area (Å²) in [6.07, 6.45) is 2.38. The van der Waals surface area contributed by atoms with Gasteiger partial charge in [-0.1, -0.05) is 38.0 Å². The summed E-state index contributed by atoms with van der Waals surface area (Å²) in [5.74, 6) is -1.15. The Morgan fingerprint density at radius 3 is 2.50 bits per heavy atom. The molecule has 110 valence electrons. The topological polar surface area (TPSA) is 83.6 Å². The van der Waals surface area contributed by atoms with E-state index in [-0.39, 0.29) is 18.9 Å². The summed E-state index contributed by atoms with van der Waals surface area (Å²) in [5.41, 5.74) is 6.60. The number of anilines is 1. The molecule has 1 rings (SSSR count). The third-order valence-electron chi connectivity index (χ3n) is 3.07. The summed E-state index contributed by atoms with van der Waals surface area (Å²) in [7, 11) is 0. The van der Waals surface area contributed by atoms with Gasteiger partial charge in [0.2, 0.25) is 5.91 Å². The molecule has 0 bridgehead atoms. The second-order valence-corrected chi connectivity index (χ2v) is 4.72. The van der Waals surface area contributed by atoms with Gasteiger partial charge in [-0.15, -0.1) is 0 Å². The third kappa shape index (κ3) is 5.01. The number of carboxylic acids is 1. The fourth-order valence-corrected chi connectivity index (χ4v) is 1.93. The number of hydrogen-bond acceptors (Lipinski definition) is 3. The van der Waals surface area contributed by atoms with E-state index in [4.69, 9.17) is 10.8 Å². The van der Waals surface area contributed by atoms with E-state index in [0.717, 1.165) is 12.8 Å². The number of hydrogen-bond donors (Lipinski definition) is 2. The van der Waals surface area contributed by atoms with Crippen molar-refractivity contribution in [2.75, 3.05) is 11.4 Å². The summed E-state index contributed by atoms with van der Waals surface area (Å²) in [6.45, 7) is 2.18. The lowest BCUT2D eigenvalue weighted by molar-refractivity contribution is -0.136. The van der Waals surface area contributed by atoms with Crippen molar-refractivity contribution in [1.82, 2.24) is 0 Å². The van der Waals surface area contributed by atoms with Crippen molar-refractivity contribution < 1.29 is 14.7 Å². The summed E-state index contributed by atoms with van der Waals surface area (Å²) in [4.78, 5) is 24.6. The van der Waals surface area contributed by atoms with Gasteiger partial charge in [-0.25, -0.2) is 0 Å². The Kier molecular flexibility index (Phi) is 6.73. The van der Waals surface area contributed by atoms with E-state index < -0.39 is 12.0 Å². The van der Waals surface area contributed by atoms with E-state index in [0.29, 0.717) is 12.1 Å². The molecule has 5 nitrogen and oxygen atoms in total. The molecule has 1 aromatic carbocycles. The predicted molar refractivity (Wildman–Crippen MR) is 78.5 cm³/mol. The quantitative estimate of drug-likeness (QED) is 0.762. The van der Waals surface area contributed by atoms with E-state index in [1.54, 1.807) is 12.1 Å². The molecule has 1 atom stereocenters. The Hall–Kier alpha value is -1.88. The first-order valence-electron chi connectivity index (χ1n) is 6.90. The molecular formula is C15H22N2O3. The Labute approximate surface area is 119 Å². The van der Waals surface area contributed by atoms with Crippen LogP contribution in [-0.4, -0.2) is 29.6 Å². The second-order valence-electron chi connectivity index (χ2n) is 4.72. The first-order chi connectivity index (χ1) is 9.56. The van der Waals surface area contributed by atoms with Gasteiger partial charge in [0.25, 0.3) is 0 Å². The Balaban J connectivity index is 2.81. The maximum Gasteiger partial charge on any atom is 0.305 e. The van der Waals surface area contributed by atoms with Crippen molar-refractivity contribution in [3.05, 3.63) is 30.3 Å². The minimum atomic E-state index is -0.930. The van der Waals surface area contributed by atoms with E-state index >= 15 is 0 Å². The average molecular weight is 278 g/mol. The molecule has 0 radical (unpaired) electrons. The van der Waals surface area contributed by atoms with Crippen LogP contribution in [0.15, 0.2) is 30.3 Å². The zero-order chi connectivity index (χ0) is 15.0. The highest BCUT2D eigenvalue weighted by Crippen LogP contribution is 2.16. The molecule has 0 saturated carbocycles. The van der Waals surface area contributed by atoms with Gasteiger partial charge < -0.3 is 15.7 Å². The number of nitrogens with two attached hydrogens (primary N) is 1. The first kappa shape index (κ1) is 16.2. The molecule has 1 aromatic rings. The number of rotatable bonds is 8. The molecule has 0 heterocycles. The van der Waals surface area contributed by atoms with Gasteiger partial charge in [0, 0.05) is 12.2 Å². The number of aliphatic carboxylic acids is 1. The maximum atomic E-state index is 12.4. The summed E-state index contributed by atoms with van der Waals surface area (Å²) in [5, 5.41) is 8.80. The van der Waals surface area contributed by atoms with Crippen LogP contribution in [0.1, 0.15) is 32.6 Å². The van der Waals surface area contributed by atoms with Crippen LogP contribution in [0.3, 0.4) is 0 Å². The SMILES string of the molecule is CCCCC(N)C(=O)N(CCC(=O)O)c1ccccc1. The zero-order valence-electron chi connectivity index (χ0n) is 11.8.